The Morgan fingerprint density at radius 2 is 1.75 bits per heavy atom. The molecule has 1 heterocycles. The average Bonchev–Trinajstić information content (AvgIpc) is 2.61. The number of rotatable bonds is 4. The molecule has 2 N–H and O–H groups in total. The van der Waals surface area contributed by atoms with Gasteiger partial charge in [0, 0.05) is 19.2 Å². The molecule has 0 radical (unpaired) electrons. The maximum Gasteiger partial charge on any atom is 0.257 e. The lowest BCUT2D eigenvalue weighted by molar-refractivity contribution is 0.0684. The number of likely N-dealkylation sites (tertiary alicyclic amines) is 1. The van der Waals surface area contributed by atoms with Crippen LogP contribution in [0.15, 0.2) is 48.5 Å². The fourth-order valence-electron chi connectivity index (χ4n) is 3.31. The molecule has 0 aliphatic carbocycles. The normalized spacial score (nSPS) is 15.4. The van der Waals surface area contributed by atoms with Crippen molar-refractivity contribution in [3.8, 4) is 11.5 Å². The third-order valence-electron chi connectivity index (χ3n) is 4.80. The molecule has 0 spiro atoms. The first kappa shape index (κ1) is 16.4. The predicted molar refractivity (Wildman–Crippen MR) is 93.2 cm³/mol. The van der Waals surface area contributed by atoms with Crippen LogP contribution in [0.5, 0.6) is 11.5 Å². The number of hydrogen-bond donors (Lipinski definition) is 2. The Morgan fingerprint density at radius 1 is 1.04 bits per heavy atom. The first-order valence-corrected chi connectivity index (χ1v) is 8.48. The summed E-state index contributed by atoms with van der Waals surface area (Å²) in [5, 5.41) is 19.2. The minimum absolute atomic E-state index is 0.0383. The zero-order valence-electron chi connectivity index (χ0n) is 13.7. The molecule has 4 heteroatoms. The zero-order chi connectivity index (χ0) is 16.9. The van der Waals surface area contributed by atoms with E-state index in [9.17, 15) is 15.0 Å². The highest BCUT2D eigenvalue weighted by Gasteiger charge is 2.25. The third-order valence-corrected chi connectivity index (χ3v) is 4.80. The first-order valence-electron chi connectivity index (χ1n) is 8.48. The van der Waals surface area contributed by atoms with Gasteiger partial charge in [-0.2, -0.15) is 0 Å². The monoisotopic (exact) mass is 325 g/mol. The van der Waals surface area contributed by atoms with Crippen molar-refractivity contribution in [2.45, 2.75) is 25.7 Å². The van der Waals surface area contributed by atoms with Crippen molar-refractivity contribution >= 4 is 5.91 Å². The van der Waals surface area contributed by atoms with Gasteiger partial charge in [-0.1, -0.05) is 30.3 Å². The van der Waals surface area contributed by atoms with Crippen LogP contribution in [0.3, 0.4) is 0 Å². The van der Waals surface area contributed by atoms with Crippen molar-refractivity contribution in [1.29, 1.82) is 0 Å². The van der Waals surface area contributed by atoms with Crippen LogP contribution in [0, 0.1) is 5.92 Å². The Hall–Kier alpha value is -2.49. The largest absolute Gasteiger partial charge is 0.508 e. The Balaban J connectivity index is 1.52. The van der Waals surface area contributed by atoms with Crippen LogP contribution >= 0.6 is 0 Å². The number of hydrogen-bond acceptors (Lipinski definition) is 3. The Labute approximate surface area is 142 Å². The highest BCUT2D eigenvalue weighted by molar-refractivity contribution is 5.97. The molecule has 24 heavy (non-hydrogen) atoms. The topological polar surface area (TPSA) is 60.8 Å². The Morgan fingerprint density at radius 3 is 2.42 bits per heavy atom. The molecule has 3 rings (SSSR count). The quantitative estimate of drug-likeness (QED) is 0.903. The minimum atomic E-state index is -0.161. The third kappa shape index (κ3) is 3.88. The number of carbonyl (C=O) groups excluding carboxylic acids is 1. The summed E-state index contributed by atoms with van der Waals surface area (Å²) in [5.41, 5.74) is 1.63. The minimum Gasteiger partial charge on any atom is -0.508 e. The van der Waals surface area contributed by atoms with Crippen LogP contribution in [-0.4, -0.2) is 34.1 Å². The van der Waals surface area contributed by atoms with Crippen molar-refractivity contribution in [3.05, 3.63) is 59.7 Å². The molecule has 0 bridgehead atoms. The molecule has 0 unspecified atom stereocenters. The smallest absolute Gasteiger partial charge is 0.257 e. The van der Waals surface area contributed by atoms with Gasteiger partial charge in [0.15, 0.2) is 0 Å². The van der Waals surface area contributed by atoms with Crippen molar-refractivity contribution < 1.29 is 15.0 Å². The summed E-state index contributed by atoms with van der Waals surface area (Å²) in [5.74, 6) is 0.284. The number of amides is 1. The molecule has 0 saturated carbocycles. The van der Waals surface area contributed by atoms with E-state index in [0.29, 0.717) is 5.92 Å². The van der Waals surface area contributed by atoms with Crippen LogP contribution in [0.4, 0.5) is 0 Å². The number of phenols is 2. The van der Waals surface area contributed by atoms with Crippen LogP contribution in [0.1, 0.15) is 35.2 Å². The highest BCUT2D eigenvalue weighted by Crippen LogP contribution is 2.27. The van der Waals surface area contributed by atoms with E-state index >= 15 is 0 Å². The van der Waals surface area contributed by atoms with Gasteiger partial charge < -0.3 is 15.1 Å². The van der Waals surface area contributed by atoms with Crippen molar-refractivity contribution in [1.82, 2.24) is 4.90 Å². The zero-order valence-corrected chi connectivity index (χ0v) is 13.7. The fourth-order valence-corrected chi connectivity index (χ4v) is 3.31. The number of aromatic hydroxyl groups is 2. The molecule has 0 aromatic heterocycles. The van der Waals surface area contributed by atoms with Crippen LogP contribution in [0.2, 0.25) is 0 Å². The molecular formula is C20H23NO3. The Kier molecular flexibility index (Phi) is 5.04. The predicted octanol–water partition coefficient (Wildman–Crippen LogP) is 3.58. The number of carbonyl (C=O) groups is 1. The van der Waals surface area contributed by atoms with E-state index in [1.807, 2.05) is 6.07 Å². The van der Waals surface area contributed by atoms with Crippen LogP contribution < -0.4 is 0 Å². The second-order valence-corrected chi connectivity index (χ2v) is 6.46. The van der Waals surface area contributed by atoms with Gasteiger partial charge in [-0.25, -0.2) is 0 Å². The van der Waals surface area contributed by atoms with Crippen molar-refractivity contribution in [2.75, 3.05) is 13.1 Å². The molecule has 1 fully saturated rings. The summed E-state index contributed by atoms with van der Waals surface area (Å²) in [7, 11) is 0. The van der Waals surface area contributed by atoms with Gasteiger partial charge in [-0.15, -0.1) is 0 Å². The van der Waals surface area contributed by atoms with Gasteiger partial charge in [0.2, 0.25) is 0 Å². The molecule has 0 atom stereocenters. The molecule has 1 amide bonds. The van der Waals surface area contributed by atoms with Gasteiger partial charge in [0.1, 0.15) is 11.5 Å². The maximum atomic E-state index is 12.5. The second-order valence-electron chi connectivity index (χ2n) is 6.46. The summed E-state index contributed by atoms with van der Waals surface area (Å²) in [4.78, 5) is 14.3. The number of nitrogens with zero attached hydrogens (tertiary/aromatic N) is 1. The van der Waals surface area contributed by atoms with Gasteiger partial charge in [0.25, 0.3) is 5.91 Å². The van der Waals surface area contributed by atoms with Crippen LogP contribution in [0.25, 0.3) is 0 Å². The van der Waals surface area contributed by atoms with E-state index in [0.717, 1.165) is 38.8 Å². The molecular weight excluding hydrogens is 302 g/mol. The molecule has 1 aliphatic rings. The standard InChI is InChI=1S/C20H23NO3/c22-17-8-9-18(19(23)14-17)20(24)21-12-10-16(11-13-21)7-6-15-4-2-1-3-5-15/h1-5,8-9,14,16,22-23H,6-7,10-13H2. The van der Waals surface area contributed by atoms with E-state index in [-0.39, 0.29) is 23.0 Å². The summed E-state index contributed by atoms with van der Waals surface area (Å²) in [6, 6.07) is 14.6. The summed E-state index contributed by atoms with van der Waals surface area (Å²) in [6.07, 6.45) is 4.23. The maximum absolute atomic E-state index is 12.5. The van der Waals surface area contributed by atoms with Gasteiger partial charge in [-0.3, -0.25) is 4.79 Å². The van der Waals surface area contributed by atoms with E-state index < -0.39 is 0 Å². The molecule has 4 nitrogen and oxygen atoms in total. The van der Waals surface area contributed by atoms with E-state index in [2.05, 4.69) is 24.3 Å². The lowest BCUT2D eigenvalue weighted by atomic mass is 9.90. The molecule has 1 saturated heterocycles. The van der Waals surface area contributed by atoms with Gasteiger partial charge in [-0.05, 0) is 49.3 Å². The van der Waals surface area contributed by atoms with E-state index in [1.54, 1.807) is 4.90 Å². The summed E-state index contributed by atoms with van der Waals surface area (Å²) >= 11 is 0. The Bertz CT molecular complexity index is 691. The van der Waals surface area contributed by atoms with Gasteiger partial charge in [0.05, 0.1) is 5.56 Å². The van der Waals surface area contributed by atoms with E-state index in [4.69, 9.17) is 0 Å². The molecule has 126 valence electrons. The van der Waals surface area contributed by atoms with E-state index in [1.165, 1.54) is 23.8 Å². The lowest BCUT2D eigenvalue weighted by Gasteiger charge is -2.32. The molecule has 1 aliphatic heterocycles. The molecule has 2 aromatic rings. The van der Waals surface area contributed by atoms with Crippen LogP contribution in [-0.2, 0) is 6.42 Å². The first-order chi connectivity index (χ1) is 11.6. The van der Waals surface area contributed by atoms with Gasteiger partial charge >= 0.3 is 0 Å². The average molecular weight is 325 g/mol. The second kappa shape index (κ2) is 7.39. The summed E-state index contributed by atoms with van der Waals surface area (Å²) in [6.45, 7) is 1.44. The van der Waals surface area contributed by atoms with Crippen molar-refractivity contribution in [2.24, 2.45) is 5.92 Å². The molecule has 2 aromatic carbocycles. The fraction of sp³-hybridized carbons (Fsp3) is 0.350. The number of piperidine rings is 1. The number of aryl methyl sites for hydroxylation is 1. The highest BCUT2D eigenvalue weighted by atomic mass is 16.3. The number of benzene rings is 2. The SMILES string of the molecule is O=C(c1ccc(O)cc1O)N1CCC(CCc2ccccc2)CC1. The summed E-state index contributed by atoms with van der Waals surface area (Å²) < 4.78 is 0. The lowest BCUT2D eigenvalue weighted by Crippen LogP contribution is -2.38. The number of phenolic OH excluding ortho intramolecular Hbond substituents is 2. The van der Waals surface area contributed by atoms with Crippen molar-refractivity contribution in [3.63, 3.8) is 0 Å².